The van der Waals surface area contributed by atoms with Gasteiger partial charge in [-0.15, -0.1) is 5.75 Å². The molecule has 1 unspecified atom stereocenters. The van der Waals surface area contributed by atoms with Gasteiger partial charge in [-0.1, -0.05) is 115 Å². The van der Waals surface area contributed by atoms with E-state index >= 15 is 0 Å². The van der Waals surface area contributed by atoms with Gasteiger partial charge < -0.3 is 27.9 Å². The Labute approximate surface area is 224 Å². The van der Waals surface area contributed by atoms with Crippen LogP contribution in [0.2, 0.25) is 0 Å². The second-order valence-corrected chi connectivity index (χ2v) is 9.66. The van der Waals surface area contributed by atoms with Crippen LogP contribution in [0.4, 0.5) is 0 Å². The summed E-state index contributed by atoms with van der Waals surface area (Å²) in [7, 11) is -0.446. The van der Waals surface area contributed by atoms with Gasteiger partial charge in [0, 0.05) is 39.6 Å². The molecule has 5 rings (SSSR count). The first kappa shape index (κ1) is 30.2. The maximum absolute atomic E-state index is 7.25. The summed E-state index contributed by atoms with van der Waals surface area (Å²) in [4.78, 5) is 7.25. The molecule has 1 atom stereocenters. The average molecular weight is 661 g/mol. The Morgan fingerprint density at radius 1 is 0.735 bits per heavy atom. The van der Waals surface area contributed by atoms with Gasteiger partial charge in [-0.2, -0.15) is 0 Å². The molecule has 2 radical (unpaired) electrons. The first-order valence-electron chi connectivity index (χ1n) is 10.9. The normalized spacial score (nSPS) is 15.1. The molecule has 1 saturated heterocycles. The number of nitrogens with zero attached hydrogens (tertiary/aromatic N) is 1. The molecule has 3 aromatic carbocycles. The van der Waals surface area contributed by atoms with E-state index in [0.717, 1.165) is 12.4 Å². The zero-order chi connectivity index (χ0) is 23.6. The van der Waals surface area contributed by atoms with Gasteiger partial charge in [-0.3, -0.25) is 0 Å². The molecule has 0 spiro atoms. The summed E-state index contributed by atoms with van der Waals surface area (Å²) >= 11 is 4.79. The molecule has 1 aliphatic heterocycles. The Morgan fingerprint density at radius 3 is 1.38 bits per heavy atom. The standard InChI is InChI=1S/C18H15P.C5H10OS.C5H5.NO.Re/c1-4-10-16(11-5-1)19(17-12-6-2-7-13-17)18-14-8-3-9-15-18;7-4-5-2-1-3-6-5;1-2-4-5-3-1;1-2;/h1-15H;5,7H,1-4H2;1-5H;;/q;;;-1;/p-1. The zero-order valence-corrected chi connectivity index (χ0v) is 23.4. The Balaban J connectivity index is 0.000000317. The van der Waals surface area contributed by atoms with Gasteiger partial charge >= 0.3 is 0 Å². The van der Waals surface area contributed by atoms with Gasteiger partial charge in [-0.05, 0) is 36.7 Å². The fourth-order valence-electron chi connectivity index (χ4n) is 3.27. The summed E-state index contributed by atoms with van der Waals surface area (Å²) in [6.07, 6.45) is 12.8. The number of ether oxygens (including phenoxy) is 1. The second kappa shape index (κ2) is 19.4. The molecular weight excluding hydrogens is 632 g/mol. The fourth-order valence-corrected chi connectivity index (χ4v) is 5.84. The van der Waals surface area contributed by atoms with E-state index in [4.69, 9.17) is 27.9 Å². The molecule has 1 fully saturated rings. The van der Waals surface area contributed by atoms with Crippen molar-refractivity contribution in [2.45, 2.75) is 18.9 Å². The molecule has 0 aromatic heterocycles. The molecule has 6 heteroatoms. The minimum Gasteiger partial charge on any atom is -0.790 e. The van der Waals surface area contributed by atoms with Crippen molar-refractivity contribution in [3.8, 4) is 0 Å². The number of rotatable bonds is 4. The summed E-state index contributed by atoms with van der Waals surface area (Å²) in [5.74, 6) is 0.778. The third-order valence-corrected chi connectivity index (χ3v) is 7.62. The molecule has 0 N–H and O–H groups in total. The van der Waals surface area contributed by atoms with Crippen LogP contribution in [0, 0.1) is 11.3 Å². The van der Waals surface area contributed by atoms with Gasteiger partial charge in [0.05, 0.1) is 0 Å². The van der Waals surface area contributed by atoms with E-state index in [1.165, 1.54) is 28.8 Å². The van der Waals surface area contributed by atoms with E-state index in [-0.39, 0.29) is 20.4 Å². The molecule has 178 valence electrons. The van der Waals surface area contributed by atoms with Crippen LogP contribution in [-0.4, -0.2) is 18.5 Å². The third-order valence-electron chi connectivity index (χ3n) is 4.81. The first-order chi connectivity index (χ1) is 16.4. The van der Waals surface area contributed by atoms with Crippen molar-refractivity contribution in [3.05, 3.63) is 132 Å². The molecule has 3 nitrogen and oxygen atoms in total. The van der Waals surface area contributed by atoms with Crippen LogP contribution in [-0.2, 0) is 37.8 Å². The summed E-state index contributed by atoms with van der Waals surface area (Å²) < 4.78 is 5.20. The predicted molar refractivity (Wildman–Crippen MR) is 146 cm³/mol. The molecule has 0 bridgehead atoms. The molecule has 1 aliphatic carbocycles. The third kappa shape index (κ3) is 11.0. The quantitative estimate of drug-likeness (QED) is 0.263. The fraction of sp³-hybridized carbons (Fsp3) is 0.179. The van der Waals surface area contributed by atoms with Crippen molar-refractivity contribution in [1.82, 2.24) is 0 Å². The Morgan fingerprint density at radius 2 is 1.15 bits per heavy atom. The van der Waals surface area contributed by atoms with Crippen LogP contribution in [0.25, 0.3) is 5.59 Å². The minimum atomic E-state index is -0.446. The zero-order valence-electron chi connectivity index (χ0n) is 18.9. The number of hydrogen-bond acceptors (Lipinski definition) is 3. The van der Waals surface area contributed by atoms with E-state index in [1.54, 1.807) is 0 Å². The van der Waals surface area contributed by atoms with Gasteiger partial charge in [0.1, 0.15) is 0 Å². The minimum absolute atomic E-state index is 0. The van der Waals surface area contributed by atoms with Crippen molar-refractivity contribution >= 4 is 36.5 Å². The number of allylic oxidation sites excluding steroid dienone is 4. The van der Waals surface area contributed by atoms with Crippen molar-refractivity contribution in [2.75, 3.05) is 12.4 Å². The number of nitroso groups, excluding NO2 is 1. The van der Waals surface area contributed by atoms with Gasteiger partial charge in [0.2, 0.25) is 0 Å². The predicted octanol–water partition coefficient (Wildman–Crippen LogP) is 5.79. The molecule has 1 heterocycles. The van der Waals surface area contributed by atoms with Gasteiger partial charge in [0.25, 0.3) is 0 Å². The maximum atomic E-state index is 7.25. The van der Waals surface area contributed by atoms with Crippen LogP contribution in [0.1, 0.15) is 12.8 Å². The Kier molecular flexibility index (Phi) is 17.3. The summed E-state index contributed by atoms with van der Waals surface area (Å²) in [6.45, 7) is 0.932. The van der Waals surface area contributed by atoms with E-state index < -0.39 is 7.92 Å². The summed E-state index contributed by atoms with van der Waals surface area (Å²) in [5, 5.41) is 4.19. The van der Waals surface area contributed by atoms with E-state index in [2.05, 4.69) is 91.0 Å². The van der Waals surface area contributed by atoms with Crippen molar-refractivity contribution < 1.29 is 25.2 Å². The largest absolute Gasteiger partial charge is 0.790 e. The van der Waals surface area contributed by atoms with E-state index in [1.807, 2.05) is 30.7 Å². The maximum Gasteiger partial charge on any atom is 0.0469 e. The topological polar surface area (TPSA) is 48.6 Å². The van der Waals surface area contributed by atoms with Crippen molar-refractivity contribution in [3.63, 3.8) is 0 Å². The molecule has 0 saturated carbocycles. The molecular formula is C28H29NO2PReS-2. The van der Waals surface area contributed by atoms with Crippen molar-refractivity contribution in [1.29, 1.82) is 0 Å². The smallest absolute Gasteiger partial charge is 0.0469 e. The summed E-state index contributed by atoms with van der Waals surface area (Å²) in [5.41, 5.74) is 5.75. The number of hydrogen-bond donors (Lipinski definition) is 0. The Hall–Kier alpha value is -1.86. The second-order valence-electron chi connectivity index (χ2n) is 7.11. The molecule has 34 heavy (non-hydrogen) atoms. The Bertz CT molecular complexity index is 832. The van der Waals surface area contributed by atoms with Crippen LogP contribution < -0.4 is 15.9 Å². The van der Waals surface area contributed by atoms with Crippen LogP contribution in [0.15, 0.2) is 115 Å². The van der Waals surface area contributed by atoms with Gasteiger partial charge in [-0.25, -0.2) is 0 Å². The van der Waals surface area contributed by atoms with E-state index in [0.29, 0.717) is 6.10 Å². The molecule has 0 amide bonds. The van der Waals surface area contributed by atoms with Crippen LogP contribution in [0.5, 0.6) is 0 Å². The van der Waals surface area contributed by atoms with E-state index in [9.17, 15) is 0 Å². The van der Waals surface area contributed by atoms with Crippen molar-refractivity contribution in [2.24, 2.45) is 0 Å². The van der Waals surface area contributed by atoms with Crippen LogP contribution in [0.3, 0.4) is 0 Å². The first-order valence-corrected chi connectivity index (χ1v) is 12.8. The molecule has 3 aromatic rings. The SMILES string of the molecule is [CH]1C=CC=C1.[N-]=O.[Re].[S-]CC1CCCO1.c1ccc(P(c2ccccc2)c2ccccc2)cc1. The van der Waals surface area contributed by atoms with Crippen LogP contribution >= 0.6 is 7.92 Å². The average Bonchev–Trinajstić information content (AvgIpc) is 3.65. The molecule has 2 aliphatic rings. The monoisotopic (exact) mass is 661 g/mol. The van der Waals surface area contributed by atoms with Gasteiger partial charge in [0.15, 0.2) is 0 Å². The summed E-state index contributed by atoms with van der Waals surface area (Å²) in [6, 6.07) is 32.3. The number of benzene rings is 3.